The van der Waals surface area contributed by atoms with Crippen LogP contribution in [-0.2, 0) is 4.79 Å². The van der Waals surface area contributed by atoms with Gasteiger partial charge in [-0.25, -0.2) is 0 Å². The van der Waals surface area contributed by atoms with Crippen molar-refractivity contribution in [3.63, 3.8) is 0 Å². The van der Waals surface area contributed by atoms with Crippen molar-refractivity contribution in [3.05, 3.63) is 30.3 Å². The van der Waals surface area contributed by atoms with Crippen molar-refractivity contribution in [1.82, 2.24) is 5.32 Å². The highest BCUT2D eigenvalue weighted by atomic mass is 16.5. The van der Waals surface area contributed by atoms with Gasteiger partial charge >= 0.3 is 0 Å². The minimum Gasteiger partial charge on any atom is -0.481 e. The summed E-state index contributed by atoms with van der Waals surface area (Å²) in [7, 11) is 0. The molecule has 1 aromatic rings. The van der Waals surface area contributed by atoms with Gasteiger partial charge in [0.15, 0.2) is 6.10 Å². The number of hydrogen-bond acceptors (Lipinski definition) is 2. The molecule has 0 heterocycles. The van der Waals surface area contributed by atoms with Gasteiger partial charge in [0, 0.05) is 6.54 Å². The SMILES string of the molecule is CCC(Oc1ccccc1)C(=O)NCCC(C)C. The lowest BCUT2D eigenvalue weighted by Crippen LogP contribution is -2.38. The van der Waals surface area contributed by atoms with Gasteiger partial charge in [-0.15, -0.1) is 0 Å². The Bertz CT molecular complexity index is 349. The van der Waals surface area contributed by atoms with Crippen LogP contribution in [0.3, 0.4) is 0 Å². The van der Waals surface area contributed by atoms with Crippen molar-refractivity contribution >= 4 is 5.91 Å². The quantitative estimate of drug-likeness (QED) is 0.806. The van der Waals surface area contributed by atoms with Crippen LogP contribution in [0.1, 0.15) is 33.6 Å². The number of rotatable bonds is 7. The minimum atomic E-state index is -0.403. The van der Waals surface area contributed by atoms with Crippen LogP contribution in [0, 0.1) is 5.92 Å². The van der Waals surface area contributed by atoms with Gasteiger partial charge in [-0.3, -0.25) is 4.79 Å². The second-order valence-corrected chi connectivity index (χ2v) is 4.80. The van der Waals surface area contributed by atoms with Crippen LogP contribution in [0.15, 0.2) is 30.3 Å². The molecule has 3 nitrogen and oxygen atoms in total. The molecule has 0 spiro atoms. The molecule has 100 valence electrons. The molecule has 18 heavy (non-hydrogen) atoms. The molecule has 1 rings (SSSR count). The van der Waals surface area contributed by atoms with E-state index in [1.165, 1.54) is 0 Å². The molecule has 0 fully saturated rings. The summed E-state index contributed by atoms with van der Waals surface area (Å²) in [5.74, 6) is 1.31. The average molecular weight is 249 g/mol. The summed E-state index contributed by atoms with van der Waals surface area (Å²) in [6.07, 6.45) is 1.26. The lowest BCUT2D eigenvalue weighted by atomic mass is 10.1. The predicted molar refractivity (Wildman–Crippen MR) is 73.6 cm³/mol. The summed E-state index contributed by atoms with van der Waals surface area (Å²) in [5.41, 5.74) is 0. The van der Waals surface area contributed by atoms with Crippen LogP contribution < -0.4 is 10.1 Å². The number of para-hydroxylation sites is 1. The molecule has 1 N–H and O–H groups in total. The van der Waals surface area contributed by atoms with Crippen LogP contribution in [0.2, 0.25) is 0 Å². The Labute approximate surface area is 110 Å². The van der Waals surface area contributed by atoms with Crippen LogP contribution in [0.25, 0.3) is 0 Å². The summed E-state index contributed by atoms with van der Waals surface area (Å²) < 4.78 is 5.67. The average Bonchev–Trinajstić information content (AvgIpc) is 2.36. The lowest BCUT2D eigenvalue weighted by Gasteiger charge is -2.17. The molecule has 0 aromatic heterocycles. The van der Waals surface area contributed by atoms with Crippen LogP contribution in [0.5, 0.6) is 5.75 Å². The number of amides is 1. The topological polar surface area (TPSA) is 38.3 Å². The van der Waals surface area contributed by atoms with Gasteiger partial charge in [-0.1, -0.05) is 39.0 Å². The number of carbonyl (C=O) groups is 1. The van der Waals surface area contributed by atoms with Crippen molar-refractivity contribution in [2.75, 3.05) is 6.54 Å². The van der Waals surface area contributed by atoms with E-state index in [-0.39, 0.29) is 5.91 Å². The Hall–Kier alpha value is -1.51. The highest BCUT2D eigenvalue weighted by Crippen LogP contribution is 2.12. The molecular formula is C15H23NO2. The third kappa shape index (κ3) is 5.21. The fourth-order valence-electron chi connectivity index (χ4n) is 1.58. The zero-order chi connectivity index (χ0) is 13.4. The second kappa shape index (κ2) is 7.75. The van der Waals surface area contributed by atoms with E-state index in [0.29, 0.717) is 18.9 Å². The first-order chi connectivity index (χ1) is 8.63. The van der Waals surface area contributed by atoms with E-state index in [1.54, 1.807) is 0 Å². The summed E-state index contributed by atoms with van der Waals surface area (Å²) in [6.45, 7) is 6.95. The van der Waals surface area contributed by atoms with Gasteiger partial charge < -0.3 is 10.1 Å². The Balaban J connectivity index is 2.43. The van der Waals surface area contributed by atoms with E-state index in [0.717, 1.165) is 12.2 Å². The molecule has 1 unspecified atom stereocenters. The largest absolute Gasteiger partial charge is 0.481 e. The molecule has 1 atom stereocenters. The highest BCUT2D eigenvalue weighted by molar-refractivity contribution is 5.81. The van der Waals surface area contributed by atoms with E-state index in [2.05, 4.69) is 19.2 Å². The van der Waals surface area contributed by atoms with Gasteiger partial charge in [0.2, 0.25) is 0 Å². The third-order valence-corrected chi connectivity index (χ3v) is 2.71. The zero-order valence-electron chi connectivity index (χ0n) is 11.5. The maximum Gasteiger partial charge on any atom is 0.261 e. The molecule has 1 amide bonds. The van der Waals surface area contributed by atoms with Gasteiger partial charge in [-0.2, -0.15) is 0 Å². The molecule has 0 aliphatic rings. The predicted octanol–water partition coefficient (Wildman–Crippen LogP) is 3.01. The fourth-order valence-corrected chi connectivity index (χ4v) is 1.58. The van der Waals surface area contributed by atoms with E-state index >= 15 is 0 Å². The van der Waals surface area contributed by atoms with Crippen molar-refractivity contribution in [2.45, 2.75) is 39.7 Å². The van der Waals surface area contributed by atoms with Crippen LogP contribution >= 0.6 is 0 Å². The molecule has 0 bridgehead atoms. The van der Waals surface area contributed by atoms with Crippen LogP contribution in [-0.4, -0.2) is 18.6 Å². The van der Waals surface area contributed by atoms with Crippen LogP contribution in [0.4, 0.5) is 0 Å². The molecule has 0 radical (unpaired) electrons. The Morgan fingerprint density at radius 3 is 2.50 bits per heavy atom. The normalized spacial score (nSPS) is 12.2. The lowest BCUT2D eigenvalue weighted by molar-refractivity contribution is -0.128. The number of ether oxygens (including phenoxy) is 1. The van der Waals surface area contributed by atoms with E-state index in [9.17, 15) is 4.79 Å². The summed E-state index contributed by atoms with van der Waals surface area (Å²) in [6, 6.07) is 9.46. The molecule has 3 heteroatoms. The first-order valence-electron chi connectivity index (χ1n) is 6.63. The monoisotopic (exact) mass is 249 g/mol. The number of carbonyl (C=O) groups excluding carboxylic acids is 1. The Morgan fingerprint density at radius 2 is 1.94 bits per heavy atom. The minimum absolute atomic E-state index is 0.0259. The zero-order valence-corrected chi connectivity index (χ0v) is 11.5. The third-order valence-electron chi connectivity index (χ3n) is 2.71. The number of benzene rings is 1. The summed E-state index contributed by atoms with van der Waals surface area (Å²) >= 11 is 0. The molecule has 0 saturated heterocycles. The molecular weight excluding hydrogens is 226 g/mol. The molecule has 0 saturated carbocycles. The van der Waals surface area contributed by atoms with Crippen molar-refractivity contribution in [1.29, 1.82) is 0 Å². The van der Waals surface area contributed by atoms with Gasteiger partial charge in [0.05, 0.1) is 0 Å². The van der Waals surface area contributed by atoms with Gasteiger partial charge in [-0.05, 0) is 30.9 Å². The molecule has 0 aliphatic heterocycles. The number of nitrogens with one attached hydrogen (secondary N) is 1. The van der Waals surface area contributed by atoms with Crippen molar-refractivity contribution < 1.29 is 9.53 Å². The molecule has 0 aliphatic carbocycles. The smallest absolute Gasteiger partial charge is 0.261 e. The first kappa shape index (κ1) is 14.6. The Kier molecular flexibility index (Phi) is 6.26. The van der Waals surface area contributed by atoms with Gasteiger partial charge in [0.1, 0.15) is 5.75 Å². The Morgan fingerprint density at radius 1 is 1.28 bits per heavy atom. The second-order valence-electron chi connectivity index (χ2n) is 4.80. The standard InChI is InChI=1S/C15H23NO2/c1-4-14(15(17)16-11-10-12(2)3)18-13-8-6-5-7-9-13/h5-9,12,14H,4,10-11H2,1-3H3,(H,16,17). The number of hydrogen-bond donors (Lipinski definition) is 1. The summed E-state index contributed by atoms with van der Waals surface area (Å²) in [5, 5.41) is 2.92. The van der Waals surface area contributed by atoms with E-state index in [4.69, 9.17) is 4.74 Å². The maximum absolute atomic E-state index is 11.9. The summed E-state index contributed by atoms with van der Waals surface area (Å²) in [4.78, 5) is 11.9. The first-order valence-corrected chi connectivity index (χ1v) is 6.63. The van der Waals surface area contributed by atoms with E-state index in [1.807, 2.05) is 37.3 Å². The highest BCUT2D eigenvalue weighted by Gasteiger charge is 2.17. The van der Waals surface area contributed by atoms with E-state index < -0.39 is 6.10 Å². The maximum atomic E-state index is 11.9. The van der Waals surface area contributed by atoms with Gasteiger partial charge in [0.25, 0.3) is 5.91 Å². The fraction of sp³-hybridized carbons (Fsp3) is 0.533. The van der Waals surface area contributed by atoms with Crippen molar-refractivity contribution in [3.8, 4) is 5.75 Å². The van der Waals surface area contributed by atoms with Crippen molar-refractivity contribution in [2.24, 2.45) is 5.92 Å². The molecule has 1 aromatic carbocycles.